The van der Waals surface area contributed by atoms with Crippen molar-refractivity contribution in [3.05, 3.63) is 29.2 Å². The Hall–Kier alpha value is -2.77. The van der Waals surface area contributed by atoms with E-state index in [0.29, 0.717) is 25.0 Å². The number of carbonyl (C=O) groups excluding carboxylic acids is 2. The van der Waals surface area contributed by atoms with E-state index in [1.807, 2.05) is 0 Å². The first-order valence-corrected chi connectivity index (χ1v) is 10.6. The molecule has 0 bridgehead atoms. The number of amides is 2. The quantitative estimate of drug-likeness (QED) is 0.565. The van der Waals surface area contributed by atoms with E-state index in [9.17, 15) is 35.9 Å². The van der Waals surface area contributed by atoms with Gasteiger partial charge in [-0.2, -0.15) is 31.4 Å². The maximum absolute atomic E-state index is 13.3. The van der Waals surface area contributed by atoms with E-state index in [4.69, 9.17) is 11.6 Å². The fourth-order valence-corrected chi connectivity index (χ4v) is 4.75. The molecule has 0 unspecified atom stereocenters. The van der Waals surface area contributed by atoms with E-state index in [2.05, 4.69) is 14.8 Å². The van der Waals surface area contributed by atoms with E-state index in [1.165, 1.54) is 10.7 Å². The van der Waals surface area contributed by atoms with Crippen LogP contribution in [0.2, 0.25) is 5.02 Å². The minimum atomic E-state index is -5.79. The van der Waals surface area contributed by atoms with Crippen LogP contribution in [0.4, 0.5) is 31.1 Å². The summed E-state index contributed by atoms with van der Waals surface area (Å²) in [6, 6.07) is 1.61. The zero-order chi connectivity index (χ0) is 24.9. The third kappa shape index (κ3) is 4.34. The fourth-order valence-electron chi connectivity index (χ4n) is 4.50. The number of ether oxygens (including phenoxy) is 1. The average molecular weight is 514 g/mol. The molecule has 4 rings (SSSR count). The van der Waals surface area contributed by atoms with Crippen molar-refractivity contribution in [3.63, 3.8) is 0 Å². The Balaban J connectivity index is 1.47. The van der Waals surface area contributed by atoms with Crippen LogP contribution in [0.5, 0.6) is 0 Å². The molecule has 8 nitrogen and oxygen atoms in total. The molecule has 0 radical (unpaired) electrons. The van der Waals surface area contributed by atoms with Crippen LogP contribution in [0.25, 0.3) is 5.65 Å². The molecule has 0 aliphatic carbocycles. The highest BCUT2D eigenvalue weighted by atomic mass is 35.5. The molecule has 2 amide bonds. The van der Waals surface area contributed by atoms with Crippen molar-refractivity contribution in [2.45, 2.75) is 49.7 Å². The van der Waals surface area contributed by atoms with Crippen LogP contribution in [0.3, 0.4) is 0 Å². The molecule has 0 atom stereocenters. The molecule has 4 heterocycles. The SMILES string of the molecule is O=C(OC(C(F)(F)F)C(F)(F)F)N1CCC2(CCCN2C(=O)c2nn3cccnc3c2Cl)CC1. The zero-order valence-corrected chi connectivity index (χ0v) is 18.1. The highest BCUT2D eigenvalue weighted by molar-refractivity contribution is 6.36. The van der Waals surface area contributed by atoms with Gasteiger partial charge < -0.3 is 14.5 Å². The van der Waals surface area contributed by atoms with Crippen molar-refractivity contribution in [2.24, 2.45) is 0 Å². The van der Waals surface area contributed by atoms with Gasteiger partial charge in [-0.3, -0.25) is 4.79 Å². The maximum atomic E-state index is 13.3. The molecule has 0 saturated carbocycles. The van der Waals surface area contributed by atoms with Crippen molar-refractivity contribution >= 4 is 29.2 Å². The molecule has 34 heavy (non-hydrogen) atoms. The monoisotopic (exact) mass is 513 g/mol. The second-order valence-electron chi connectivity index (χ2n) is 8.17. The van der Waals surface area contributed by atoms with Crippen LogP contribution in [-0.2, 0) is 4.74 Å². The molecule has 2 aliphatic heterocycles. The van der Waals surface area contributed by atoms with Crippen molar-refractivity contribution in [2.75, 3.05) is 19.6 Å². The lowest BCUT2D eigenvalue weighted by molar-refractivity contribution is -0.308. The van der Waals surface area contributed by atoms with Crippen molar-refractivity contribution in [3.8, 4) is 0 Å². The predicted molar refractivity (Wildman–Crippen MR) is 104 cm³/mol. The number of hydrogen-bond donors (Lipinski definition) is 0. The Kier molecular flexibility index (Phi) is 6.07. The summed E-state index contributed by atoms with van der Waals surface area (Å²) in [5, 5.41) is 4.26. The largest absolute Gasteiger partial charge is 0.434 e. The van der Waals surface area contributed by atoms with E-state index in [-0.39, 0.29) is 36.6 Å². The number of alkyl halides is 6. The van der Waals surface area contributed by atoms with Crippen molar-refractivity contribution < 1.29 is 40.7 Å². The van der Waals surface area contributed by atoms with Crippen LogP contribution in [0.1, 0.15) is 36.2 Å². The highest BCUT2D eigenvalue weighted by Crippen LogP contribution is 2.41. The Morgan fingerprint density at radius 2 is 1.71 bits per heavy atom. The number of nitrogens with zero attached hydrogens (tertiary/aromatic N) is 5. The molecule has 2 saturated heterocycles. The van der Waals surface area contributed by atoms with Crippen molar-refractivity contribution in [1.82, 2.24) is 24.4 Å². The van der Waals surface area contributed by atoms with Gasteiger partial charge in [-0.1, -0.05) is 11.6 Å². The van der Waals surface area contributed by atoms with E-state index >= 15 is 0 Å². The Labute approximate surface area is 193 Å². The van der Waals surface area contributed by atoms with Crippen LogP contribution in [0, 0.1) is 0 Å². The number of fused-ring (bicyclic) bond motifs is 1. The van der Waals surface area contributed by atoms with Gasteiger partial charge >= 0.3 is 18.4 Å². The Morgan fingerprint density at radius 1 is 1.06 bits per heavy atom. The van der Waals surface area contributed by atoms with Gasteiger partial charge in [0.15, 0.2) is 11.3 Å². The zero-order valence-electron chi connectivity index (χ0n) is 17.4. The summed E-state index contributed by atoms with van der Waals surface area (Å²) in [6.07, 6.45) is -12.9. The van der Waals surface area contributed by atoms with Gasteiger partial charge in [-0.15, -0.1) is 0 Å². The van der Waals surface area contributed by atoms with Gasteiger partial charge in [-0.25, -0.2) is 14.3 Å². The lowest BCUT2D eigenvalue weighted by atomic mass is 9.85. The third-order valence-corrected chi connectivity index (χ3v) is 6.50. The van der Waals surface area contributed by atoms with Crippen LogP contribution >= 0.6 is 11.6 Å². The topological polar surface area (TPSA) is 80.0 Å². The maximum Gasteiger partial charge on any atom is 0.434 e. The second kappa shape index (κ2) is 8.47. The summed E-state index contributed by atoms with van der Waals surface area (Å²) in [6.45, 7) is 0.0160. The summed E-state index contributed by atoms with van der Waals surface area (Å²) in [5.41, 5.74) is -0.447. The molecule has 15 heteroatoms. The lowest BCUT2D eigenvalue weighted by Gasteiger charge is -2.44. The Bertz CT molecular complexity index is 1080. The van der Waals surface area contributed by atoms with Crippen LogP contribution < -0.4 is 0 Å². The molecule has 2 aliphatic rings. The first kappa shape index (κ1) is 24.4. The van der Waals surface area contributed by atoms with Crippen LogP contribution in [0.15, 0.2) is 18.5 Å². The normalized spacial score (nSPS) is 18.8. The molecule has 1 spiro atoms. The molecule has 0 N–H and O–H groups in total. The fraction of sp³-hybridized carbons (Fsp3) is 0.579. The Morgan fingerprint density at radius 3 is 2.29 bits per heavy atom. The first-order valence-electron chi connectivity index (χ1n) is 10.2. The number of piperidine rings is 1. The summed E-state index contributed by atoms with van der Waals surface area (Å²) in [7, 11) is 0. The van der Waals surface area contributed by atoms with E-state index in [1.54, 1.807) is 17.2 Å². The van der Waals surface area contributed by atoms with Gasteiger partial charge in [0.25, 0.3) is 12.0 Å². The summed E-state index contributed by atoms with van der Waals surface area (Å²) >= 11 is 6.30. The number of rotatable bonds is 2. The van der Waals surface area contributed by atoms with E-state index in [0.717, 1.165) is 4.90 Å². The molecular formula is C19H18ClF6N5O3. The van der Waals surface area contributed by atoms with Gasteiger partial charge in [-0.05, 0) is 31.7 Å². The third-order valence-electron chi connectivity index (χ3n) is 6.15. The first-order chi connectivity index (χ1) is 15.8. The van der Waals surface area contributed by atoms with Crippen LogP contribution in [-0.4, -0.2) is 80.0 Å². The van der Waals surface area contributed by atoms with Gasteiger partial charge in [0.2, 0.25) is 0 Å². The summed E-state index contributed by atoms with van der Waals surface area (Å²) in [5.74, 6) is -0.460. The predicted octanol–water partition coefficient (Wildman–Crippen LogP) is 4.08. The molecule has 2 aromatic heterocycles. The number of likely N-dealkylation sites (tertiary alicyclic amines) is 2. The van der Waals surface area contributed by atoms with Gasteiger partial charge in [0.05, 0.1) is 0 Å². The molecule has 2 fully saturated rings. The smallest absolute Gasteiger partial charge is 0.426 e. The molecule has 186 valence electrons. The molecule has 2 aromatic rings. The average Bonchev–Trinajstić information content (AvgIpc) is 3.32. The number of carbonyl (C=O) groups is 2. The lowest BCUT2D eigenvalue weighted by Crippen LogP contribution is -2.56. The second-order valence-corrected chi connectivity index (χ2v) is 8.55. The van der Waals surface area contributed by atoms with Crippen molar-refractivity contribution in [1.29, 1.82) is 0 Å². The minimum absolute atomic E-state index is 0.0123. The highest BCUT2D eigenvalue weighted by Gasteiger charge is 2.60. The summed E-state index contributed by atoms with van der Waals surface area (Å²) < 4.78 is 81.4. The summed E-state index contributed by atoms with van der Waals surface area (Å²) in [4.78, 5) is 31.8. The number of halogens is 7. The standard InChI is InChI=1S/C19H18ClF6N5O3/c20-11-12(28-31-8-2-6-27-13(11)31)14(32)30-7-1-3-17(30)4-9-29(10-5-17)16(33)34-15(18(21,22)23)19(24,25)26/h2,6,8,15H,1,3-5,7,9-10H2. The minimum Gasteiger partial charge on any atom is -0.426 e. The number of hydrogen-bond acceptors (Lipinski definition) is 5. The molecule has 0 aromatic carbocycles. The molecular weight excluding hydrogens is 496 g/mol. The number of aromatic nitrogens is 3. The van der Waals surface area contributed by atoms with E-state index < -0.39 is 36.0 Å². The van der Waals surface area contributed by atoms with Gasteiger partial charge in [0.1, 0.15) is 5.02 Å². The van der Waals surface area contributed by atoms with Gasteiger partial charge in [0, 0.05) is 37.6 Å².